The molecular weight excluding hydrogens is 238 g/mol. The quantitative estimate of drug-likeness (QED) is 0.856. The summed E-state index contributed by atoms with van der Waals surface area (Å²) in [6.45, 7) is 9.73. The van der Waals surface area contributed by atoms with Crippen LogP contribution in [-0.2, 0) is 4.74 Å². The zero-order chi connectivity index (χ0) is 13.7. The molecule has 0 bridgehead atoms. The van der Waals surface area contributed by atoms with Gasteiger partial charge in [0.2, 0.25) is 0 Å². The first-order valence-electron chi connectivity index (χ1n) is 7.19. The molecule has 0 spiro atoms. The van der Waals surface area contributed by atoms with Gasteiger partial charge in [-0.15, -0.1) is 0 Å². The summed E-state index contributed by atoms with van der Waals surface area (Å²) in [6, 6.07) is 8.36. The Morgan fingerprint density at radius 2 is 2.16 bits per heavy atom. The minimum Gasteiger partial charge on any atom is -0.493 e. The molecule has 0 radical (unpaired) electrons. The van der Waals surface area contributed by atoms with E-state index in [0.717, 1.165) is 38.5 Å². The van der Waals surface area contributed by atoms with Gasteiger partial charge in [0.15, 0.2) is 0 Å². The van der Waals surface area contributed by atoms with Crippen molar-refractivity contribution in [1.82, 2.24) is 5.32 Å². The summed E-state index contributed by atoms with van der Waals surface area (Å²) in [6.07, 6.45) is 1.08. The Hall–Kier alpha value is -1.06. The van der Waals surface area contributed by atoms with Crippen molar-refractivity contribution in [1.29, 1.82) is 0 Å². The van der Waals surface area contributed by atoms with Crippen molar-refractivity contribution >= 4 is 0 Å². The van der Waals surface area contributed by atoms with Crippen molar-refractivity contribution in [2.45, 2.75) is 38.7 Å². The van der Waals surface area contributed by atoms with Crippen molar-refractivity contribution in [3.63, 3.8) is 0 Å². The molecule has 1 aromatic rings. The van der Waals surface area contributed by atoms with Crippen LogP contribution < -0.4 is 10.1 Å². The van der Waals surface area contributed by atoms with E-state index in [1.807, 2.05) is 13.0 Å². The third-order valence-electron chi connectivity index (χ3n) is 3.56. The summed E-state index contributed by atoms with van der Waals surface area (Å²) >= 11 is 0. The highest BCUT2D eigenvalue weighted by atomic mass is 16.5. The van der Waals surface area contributed by atoms with E-state index in [2.05, 4.69) is 37.4 Å². The molecule has 0 saturated heterocycles. The molecular formula is C16H25NO2. The zero-order valence-electron chi connectivity index (χ0n) is 12.2. The van der Waals surface area contributed by atoms with Gasteiger partial charge < -0.3 is 14.8 Å². The average Bonchev–Trinajstić information content (AvgIpc) is 2.39. The maximum absolute atomic E-state index is 5.70. The molecule has 19 heavy (non-hydrogen) atoms. The summed E-state index contributed by atoms with van der Waals surface area (Å²) in [7, 11) is 0. The van der Waals surface area contributed by atoms with Gasteiger partial charge in [-0.05, 0) is 38.8 Å². The molecule has 1 N–H and O–H groups in total. The fourth-order valence-electron chi connectivity index (χ4n) is 2.62. The van der Waals surface area contributed by atoms with E-state index in [1.54, 1.807) is 0 Å². The van der Waals surface area contributed by atoms with E-state index >= 15 is 0 Å². The summed E-state index contributed by atoms with van der Waals surface area (Å²) in [5, 5.41) is 3.54. The van der Waals surface area contributed by atoms with E-state index in [1.165, 1.54) is 5.56 Å². The molecule has 1 heterocycles. The van der Waals surface area contributed by atoms with E-state index in [-0.39, 0.29) is 5.60 Å². The number of fused-ring (bicyclic) bond motifs is 1. The number of benzene rings is 1. The highest BCUT2D eigenvalue weighted by Gasteiger charge is 2.22. The SMILES string of the molecule is CCOC(C)(C)CNCC1CCOc2ccccc21. The van der Waals surface area contributed by atoms with Crippen LogP contribution in [0.3, 0.4) is 0 Å². The van der Waals surface area contributed by atoms with Crippen LogP contribution >= 0.6 is 0 Å². The number of hydrogen-bond donors (Lipinski definition) is 1. The Morgan fingerprint density at radius 3 is 2.95 bits per heavy atom. The highest BCUT2D eigenvalue weighted by molar-refractivity contribution is 5.37. The van der Waals surface area contributed by atoms with Crippen molar-refractivity contribution in [2.24, 2.45) is 0 Å². The molecule has 1 unspecified atom stereocenters. The largest absolute Gasteiger partial charge is 0.493 e. The molecule has 0 aromatic heterocycles. The number of hydrogen-bond acceptors (Lipinski definition) is 3. The third-order valence-corrected chi connectivity index (χ3v) is 3.56. The lowest BCUT2D eigenvalue weighted by atomic mass is 9.93. The van der Waals surface area contributed by atoms with Gasteiger partial charge in [-0.3, -0.25) is 0 Å². The minimum absolute atomic E-state index is 0.0978. The Bertz CT molecular complexity index is 403. The van der Waals surface area contributed by atoms with Gasteiger partial charge in [-0.1, -0.05) is 18.2 Å². The van der Waals surface area contributed by atoms with E-state index in [0.29, 0.717) is 5.92 Å². The molecule has 0 fully saturated rings. The molecule has 2 rings (SSSR count). The molecule has 106 valence electrons. The summed E-state index contributed by atoms with van der Waals surface area (Å²) in [5.41, 5.74) is 1.23. The predicted molar refractivity (Wildman–Crippen MR) is 77.9 cm³/mol. The first kappa shape index (κ1) is 14.4. The molecule has 1 atom stereocenters. The second-order valence-corrected chi connectivity index (χ2v) is 5.70. The Kier molecular flexibility index (Phi) is 4.83. The van der Waals surface area contributed by atoms with Gasteiger partial charge in [-0.2, -0.15) is 0 Å². The van der Waals surface area contributed by atoms with Crippen molar-refractivity contribution in [3.05, 3.63) is 29.8 Å². The van der Waals surface area contributed by atoms with Gasteiger partial charge in [0, 0.05) is 25.6 Å². The maximum atomic E-state index is 5.70. The van der Waals surface area contributed by atoms with Gasteiger partial charge >= 0.3 is 0 Å². The lowest BCUT2D eigenvalue weighted by molar-refractivity contribution is -0.00898. The topological polar surface area (TPSA) is 30.5 Å². The smallest absolute Gasteiger partial charge is 0.122 e. The number of ether oxygens (including phenoxy) is 2. The lowest BCUT2D eigenvalue weighted by Crippen LogP contribution is -2.39. The van der Waals surface area contributed by atoms with Gasteiger partial charge in [0.1, 0.15) is 5.75 Å². The van der Waals surface area contributed by atoms with Crippen LogP contribution in [0, 0.1) is 0 Å². The average molecular weight is 263 g/mol. The molecule has 0 amide bonds. The first-order valence-corrected chi connectivity index (χ1v) is 7.19. The summed E-state index contributed by atoms with van der Waals surface area (Å²) < 4.78 is 11.4. The summed E-state index contributed by atoms with van der Waals surface area (Å²) in [4.78, 5) is 0. The standard InChI is InChI=1S/C16H25NO2/c1-4-19-16(2,3)12-17-11-13-9-10-18-15-8-6-5-7-14(13)15/h5-8,13,17H,4,9-12H2,1-3H3. The van der Waals surface area contributed by atoms with Crippen molar-refractivity contribution < 1.29 is 9.47 Å². The molecule has 0 aliphatic carbocycles. The highest BCUT2D eigenvalue weighted by Crippen LogP contribution is 2.32. The number of para-hydroxylation sites is 1. The van der Waals surface area contributed by atoms with Crippen LogP contribution in [0.25, 0.3) is 0 Å². The molecule has 0 saturated carbocycles. The molecule has 1 aliphatic heterocycles. The molecule has 3 nitrogen and oxygen atoms in total. The second-order valence-electron chi connectivity index (χ2n) is 5.70. The van der Waals surface area contributed by atoms with Crippen molar-refractivity contribution in [2.75, 3.05) is 26.3 Å². The fourth-order valence-corrected chi connectivity index (χ4v) is 2.62. The van der Waals surface area contributed by atoms with Crippen LogP contribution in [-0.4, -0.2) is 31.9 Å². The van der Waals surface area contributed by atoms with Crippen LogP contribution in [0.15, 0.2) is 24.3 Å². The Morgan fingerprint density at radius 1 is 1.37 bits per heavy atom. The van der Waals surface area contributed by atoms with Crippen molar-refractivity contribution in [3.8, 4) is 5.75 Å². The van der Waals surface area contributed by atoms with E-state index in [4.69, 9.17) is 9.47 Å². The zero-order valence-corrected chi connectivity index (χ0v) is 12.2. The van der Waals surface area contributed by atoms with Crippen LogP contribution in [0.1, 0.15) is 38.7 Å². The maximum Gasteiger partial charge on any atom is 0.122 e. The van der Waals surface area contributed by atoms with Gasteiger partial charge in [0.25, 0.3) is 0 Å². The van der Waals surface area contributed by atoms with Crippen LogP contribution in [0.2, 0.25) is 0 Å². The van der Waals surface area contributed by atoms with Gasteiger partial charge in [-0.25, -0.2) is 0 Å². The molecule has 1 aliphatic rings. The first-order chi connectivity index (χ1) is 9.12. The predicted octanol–water partition coefficient (Wildman–Crippen LogP) is 2.96. The van der Waals surface area contributed by atoms with Crippen LogP contribution in [0.4, 0.5) is 0 Å². The number of rotatable bonds is 6. The second kappa shape index (κ2) is 6.40. The van der Waals surface area contributed by atoms with Gasteiger partial charge in [0.05, 0.1) is 12.2 Å². The lowest BCUT2D eigenvalue weighted by Gasteiger charge is -2.29. The van der Waals surface area contributed by atoms with E-state index < -0.39 is 0 Å². The Labute approximate surface area is 116 Å². The monoisotopic (exact) mass is 263 g/mol. The fraction of sp³-hybridized carbons (Fsp3) is 0.625. The Balaban J connectivity index is 1.88. The normalized spacial score (nSPS) is 18.8. The number of nitrogens with one attached hydrogen (secondary N) is 1. The molecule has 1 aromatic carbocycles. The van der Waals surface area contributed by atoms with E-state index in [9.17, 15) is 0 Å². The third kappa shape index (κ3) is 3.95. The minimum atomic E-state index is -0.0978. The van der Waals surface area contributed by atoms with Crippen LogP contribution in [0.5, 0.6) is 5.75 Å². The molecule has 3 heteroatoms. The summed E-state index contributed by atoms with van der Waals surface area (Å²) in [5.74, 6) is 1.59.